The molecule has 10 heavy (non-hydrogen) atoms. The highest BCUT2D eigenvalue weighted by Crippen LogP contribution is 2.30. The van der Waals surface area contributed by atoms with Crippen LogP contribution in [0.15, 0.2) is 0 Å². The van der Waals surface area contributed by atoms with E-state index in [4.69, 9.17) is 15.5 Å². The molecule has 0 heterocycles. The normalized spacial score (nSPS) is 14.8. The molecule has 0 spiro atoms. The number of hydrogen-bond acceptors (Lipinski definition) is 4. The van der Waals surface area contributed by atoms with Crippen LogP contribution in [0.3, 0.4) is 0 Å². The molecule has 0 fully saturated rings. The maximum absolute atomic E-state index is 9.44. The third kappa shape index (κ3) is 23.9. The zero-order valence-corrected chi connectivity index (χ0v) is 7.40. The van der Waals surface area contributed by atoms with E-state index in [0.717, 1.165) is 6.54 Å². The molecule has 0 saturated heterocycles. The van der Waals surface area contributed by atoms with Crippen LogP contribution in [0, 0.1) is 0 Å². The van der Waals surface area contributed by atoms with E-state index >= 15 is 0 Å². The smallest absolute Gasteiger partial charge is 0.323 e. The molecule has 0 rings (SSSR count). The van der Waals surface area contributed by atoms with Crippen molar-refractivity contribution in [1.29, 1.82) is 0 Å². The van der Waals surface area contributed by atoms with E-state index in [-0.39, 0.29) is 0 Å². The minimum atomic E-state index is -3.20. The van der Waals surface area contributed by atoms with E-state index in [2.05, 4.69) is 4.31 Å². The van der Waals surface area contributed by atoms with E-state index in [1.807, 2.05) is 6.92 Å². The Morgan fingerprint density at radius 2 is 1.60 bits per heavy atom. The van der Waals surface area contributed by atoms with Crippen molar-refractivity contribution >= 4 is 16.5 Å². The highest BCUT2D eigenvalue weighted by atomic mass is 31.2. The van der Waals surface area contributed by atoms with Gasteiger partial charge in [-0.1, -0.05) is 6.92 Å². The van der Waals surface area contributed by atoms with Crippen LogP contribution >= 0.6 is 16.5 Å². The van der Waals surface area contributed by atoms with E-state index < -0.39 is 16.5 Å². The van der Waals surface area contributed by atoms with Crippen molar-refractivity contribution in [2.45, 2.75) is 6.92 Å². The predicted octanol–water partition coefficient (Wildman–Crippen LogP) is -0.268. The highest BCUT2D eigenvalue weighted by molar-refractivity contribution is 7.46. The van der Waals surface area contributed by atoms with Crippen molar-refractivity contribution in [3.63, 3.8) is 0 Å². The second kappa shape index (κ2) is 9.30. The van der Waals surface area contributed by atoms with Gasteiger partial charge in [-0.15, -0.1) is 0 Å². The molecule has 2 unspecified atom stereocenters. The summed E-state index contributed by atoms with van der Waals surface area (Å²) in [7, 11) is -6.40. The van der Waals surface area contributed by atoms with E-state index in [1.54, 1.807) is 0 Å². The van der Waals surface area contributed by atoms with Gasteiger partial charge in [0.25, 0.3) is 0 Å². The SMILES string of the molecule is CCN.O=[PH](O)O[PH](=O)O. The molecular formula is C2H11NO5P2. The molecule has 0 radical (unpaired) electrons. The van der Waals surface area contributed by atoms with Crippen molar-refractivity contribution < 1.29 is 23.2 Å². The topological polar surface area (TPSA) is 110 Å². The first-order chi connectivity index (χ1) is 4.54. The fraction of sp³-hybridized carbons (Fsp3) is 1.00. The summed E-state index contributed by atoms with van der Waals surface area (Å²) in [5.41, 5.74) is 4.85. The van der Waals surface area contributed by atoms with Crippen LogP contribution in [0.4, 0.5) is 0 Å². The Morgan fingerprint density at radius 3 is 1.60 bits per heavy atom. The summed E-state index contributed by atoms with van der Waals surface area (Å²) < 4.78 is 22.3. The van der Waals surface area contributed by atoms with Gasteiger partial charge in [-0.2, -0.15) is 0 Å². The maximum atomic E-state index is 9.44. The lowest BCUT2D eigenvalue weighted by Crippen LogP contribution is -1.87. The zero-order valence-electron chi connectivity index (χ0n) is 5.40. The Labute approximate surface area is 59.9 Å². The Balaban J connectivity index is 0. The Hall–Kier alpha value is 0.300. The fourth-order valence-electron chi connectivity index (χ4n) is 0.0747. The Bertz CT molecular complexity index is 104. The largest absolute Gasteiger partial charge is 0.331 e. The van der Waals surface area contributed by atoms with Gasteiger partial charge < -0.3 is 15.5 Å². The van der Waals surface area contributed by atoms with Crippen LogP contribution in [0.2, 0.25) is 0 Å². The van der Waals surface area contributed by atoms with Gasteiger partial charge in [-0.05, 0) is 6.54 Å². The Kier molecular flexibility index (Phi) is 12.0. The molecule has 0 amide bonds. The molecule has 0 saturated carbocycles. The van der Waals surface area contributed by atoms with Crippen LogP contribution in [-0.4, -0.2) is 16.3 Å². The summed E-state index contributed by atoms with van der Waals surface area (Å²) in [5, 5.41) is 0. The first-order valence-corrected chi connectivity index (χ1v) is 4.91. The maximum Gasteiger partial charge on any atom is 0.323 e. The molecule has 6 nitrogen and oxygen atoms in total. The predicted molar refractivity (Wildman–Crippen MR) is 38.3 cm³/mol. The second-order valence-corrected chi connectivity index (χ2v) is 2.92. The number of nitrogens with two attached hydrogens (primary N) is 1. The minimum Gasteiger partial charge on any atom is -0.331 e. The third-order valence-electron chi connectivity index (χ3n) is 0.175. The molecular weight excluding hydrogens is 180 g/mol. The average molecular weight is 191 g/mol. The first-order valence-electron chi connectivity index (χ1n) is 2.38. The van der Waals surface area contributed by atoms with Crippen molar-refractivity contribution in [2.24, 2.45) is 5.73 Å². The standard InChI is InChI=1S/C2H7N.H4O5P2/c1-2-3;1-6(2)5-7(3)4/h2-3H2,1H3;6-7H,(H,1,2)(H,3,4). The molecule has 0 aliphatic rings. The summed E-state index contributed by atoms with van der Waals surface area (Å²) in [6.45, 7) is 2.65. The monoisotopic (exact) mass is 191 g/mol. The van der Waals surface area contributed by atoms with E-state index in [0.29, 0.717) is 0 Å². The van der Waals surface area contributed by atoms with Gasteiger partial charge in [-0.3, -0.25) is 9.13 Å². The van der Waals surface area contributed by atoms with Gasteiger partial charge >= 0.3 is 16.5 Å². The molecule has 0 aromatic rings. The third-order valence-corrected chi connectivity index (χ3v) is 1.57. The average Bonchev–Trinajstić information content (AvgIpc) is 1.62. The van der Waals surface area contributed by atoms with Crippen molar-refractivity contribution in [3.8, 4) is 0 Å². The van der Waals surface area contributed by atoms with Crippen LogP contribution in [0.5, 0.6) is 0 Å². The minimum absolute atomic E-state index is 0.750. The molecule has 8 heteroatoms. The lowest BCUT2D eigenvalue weighted by molar-refractivity contribution is 0.371. The fourth-order valence-corrected chi connectivity index (χ4v) is 0.672. The molecule has 64 valence electrons. The molecule has 2 atom stereocenters. The summed E-state index contributed by atoms with van der Waals surface area (Å²) >= 11 is 0. The molecule has 0 aromatic carbocycles. The van der Waals surface area contributed by atoms with Gasteiger partial charge in [0.15, 0.2) is 0 Å². The van der Waals surface area contributed by atoms with E-state index in [9.17, 15) is 9.13 Å². The van der Waals surface area contributed by atoms with Crippen LogP contribution in [0.1, 0.15) is 6.92 Å². The highest BCUT2D eigenvalue weighted by Gasteiger charge is 1.93. The summed E-state index contributed by atoms with van der Waals surface area (Å²) in [6.07, 6.45) is 0. The number of hydrogen-bond donors (Lipinski definition) is 3. The lowest BCUT2D eigenvalue weighted by Gasteiger charge is -1.86. The van der Waals surface area contributed by atoms with Crippen molar-refractivity contribution in [3.05, 3.63) is 0 Å². The summed E-state index contributed by atoms with van der Waals surface area (Å²) in [6, 6.07) is 0. The Morgan fingerprint density at radius 1 is 1.40 bits per heavy atom. The lowest BCUT2D eigenvalue weighted by atomic mass is 10.8. The molecule has 4 N–H and O–H groups in total. The summed E-state index contributed by atoms with van der Waals surface area (Å²) in [5.74, 6) is 0. The van der Waals surface area contributed by atoms with E-state index in [1.165, 1.54) is 0 Å². The molecule has 0 bridgehead atoms. The summed E-state index contributed by atoms with van der Waals surface area (Å²) in [4.78, 5) is 15.4. The zero-order chi connectivity index (χ0) is 8.57. The van der Waals surface area contributed by atoms with Crippen molar-refractivity contribution in [1.82, 2.24) is 0 Å². The number of rotatable bonds is 2. The molecule has 0 aliphatic heterocycles. The first kappa shape index (κ1) is 12.9. The molecule has 0 aliphatic carbocycles. The van der Waals surface area contributed by atoms with Crippen LogP contribution in [-0.2, 0) is 13.4 Å². The molecule has 0 aromatic heterocycles. The van der Waals surface area contributed by atoms with Crippen LogP contribution < -0.4 is 5.73 Å². The van der Waals surface area contributed by atoms with Gasteiger partial charge in [0.1, 0.15) is 0 Å². The quantitative estimate of drug-likeness (QED) is 0.518. The van der Waals surface area contributed by atoms with Gasteiger partial charge in [0, 0.05) is 0 Å². The second-order valence-electron chi connectivity index (χ2n) is 1.04. The van der Waals surface area contributed by atoms with Gasteiger partial charge in [-0.25, -0.2) is 4.31 Å². The van der Waals surface area contributed by atoms with Crippen LogP contribution in [0.25, 0.3) is 0 Å². The van der Waals surface area contributed by atoms with Crippen molar-refractivity contribution in [2.75, 3.05) is 6.54 Å². The van der Waals surface area contributed by atoms with Gasteiger partial charge in [0.05, 0.1) is 0 Å². The van der Waals surface area contributed by atoms with Gasteiger partial charge in [0.2, 0.25) is 0 Å².